The maximum Gasteiger partial charge on any atom is 0.416 e. The van der Waals surface area contributed by atoms with Crippen molar-refractivity contribution in [1.29, 1.82) is 5.26 Å². The Morgan fingerprint density at radius 1 is 1.10 bits per heavy atom. The lowest BCUT2D eigenvalue weighted by Gasteiger charge is -2.14. The van der Waals surface area contributed by atoms with E-state index < -0.39 is 11.7 Å². The lowest BCUT2D eigenvalue weighted by Crippen LogP contribution is -2.06. The number of halogens is 3. The number of nitriles is 1. The summed E-state index contributed by atoms with van der Waals surface area (Å²) in [5, 5.41) is 9.37. The molecule has 2 aromatic carbocycles. The van der Waals surface area contributed by atoms with E-state index in [-0.39, 0.29) is 35.4 Å². The zero-order chi connectivity index (χ0) is 21.9. The summed E-state index contributed by atoms with van der Waals surface area (Å²) in [5.74, 6) is 0.335. The zero-order valence-electron chi connectivity index (χ0n) is 15.7. The number of benzene rings is 2. The van der Waals surface area contributed by atoms with Crippen molar-refractivity contribution in [3.05, 3.63) is 59.2 Å². The summed E-state index contributed by atoms with van der Waals surface area (Å²) in [6.07, 6.45) is -4.47. The first-order chi connectivity index (χ1) is 14.2. The molecule has 0 radical (unpaired) electrons. The first-order valence-electron chi connectivity index (χ1n) is 8.53. The first-order valence-corrected chi connectivity index (χ1v) is 8.53. The third-order valence-corrected chi connectivity index (χ3v) is 4.18. The van der Waals surface area contributed by atoms with Crippen molar-refractivity contribution in [3.63, 3.8) is 0 Å². The number of anilines is 2. The van der Waals surface area contributed by atoms with Crippen molar-refractivity contribution in [2.45, 2.75) is 12.8 Å². The van der Waals surface area contributed by atoms with Crippen LogP contribution in [0.5, 0.6) is 11.5 Å². The van der Waals surface area contributed by atoms with Crippen molar-refractivity contribution in [2.24, 2.45) is 0 Å². The molecule has 0 aliphatic heterocycles. The number of hydrogen-bond acceptors (Lipinski definition) is 7. The fourth-order valence-corrected chi connectivity index (χ4v) is 2.78. The van der Waals surface area contributed by atoms with Gasteiger partial charge in [0.2, 0.25) is 5.95 Å². The van der Waals surface area contributed by atoms with Crippen LogP contribution in [0.3, 0.4) is 0 Å². The van der Waals surface area contributed by atoms with Crippen molar-refractivity contribution in [3.8, 4) is 28.8 Å². The predicted molar refractivity (Wildman–Crippen MR) is 103 cm³/mol. The van der Waals surface area contributed by atoms with Gasteiger partial charge in [-0.3, -0.25) is 0 Å². The molecule has 30 heavy (non-hydrogen) atoms. The van der Waals surface area contributed by atoms with Gasteiger partial charge in [0, 0.05) is 11.1 Å². The molecular formula is C20H16F3N5O2. The summed E-state index contributed by atoms with van der Waals surface area (Å²) in [4.78, 5) is 7.86. The van der Waals surface area contributed by atoms with E-state index >= 15 is 0 Å². The molecule has 0 aliphatic carbocycles. The molecule has 0 bridgehead atoms. The van der Waals surface area contributed by atoms with Gasteiger partial charge in [-0.1, -0.05) is 6.07 Å². The molecule has 0 atom stereocenters. The highest BCUT2D eigenvalue weighted by Gasteiger charge is 2.30. The maximum absolute atomic E-state index is 12.9. The molecule has 0 saturated carbocycles. The van der Waals surface area contributed by atoms with E-state index in [4.69, 9.17) is 20.9 Å². The highest BCUT2D eigenvalue weighted by atomic mass is 19.4. The van der Waals surface area contributed by atoms with Crippen LogP contribution in [0.1, 0.15) is 16.7 Å². The van der Waals surface area contributed by atoms with Gasteiger partial charge in [0.1, 0.15) is 35.6 Å². The largest absolute Gasteiger partial charge is 0.496 e. The van der Waals surface area contributed by atoms with Crippen molar-refractivity contribution < 1.29 is 22.6 Å². The molecule has 3 rings (SSSR count). The van der Waals surface area contributed by atoms with Crippen molar-refractivity contribution in [1.82, 2.24) is 9.97 Å². The molecule has 4 N–H and O–H groups in total. The second-order valence-electron chi connectivity index (χ2n) is 6.14. The lowest BCUT2D eigenvalue weighted by molar-refractivity contribution is -0.137. The Hall–Kier alpha value is -4.00. The Kier molecular flexibility index (Phi) is 5.64. The van der Waals surface area contributed by atoms with E-state index in [0.717, 1.165) is 12.1 Å². The number of alkyl halides is 3. The minimum Gasteiger partial charge on any atom is -0.496 e. The van der Waals surface area contributed by atoms with Crippen LogP contribution in [0.25, 0.3) is 11.3 Å². The van der Waals surface area contributed by atoms with Gasteiger partial charge >= 0.3 is 6.18 Å². The number of hydrogen-bond donors (Lipinski definition) is 2. The van der Waals surface area contributed by atoms with Crippen LogP contribution in [-0.2, 0) is 12.8 Å². The van der Waals surface area contributed by atoms with E-state index in [0.29, 0.717) is 16.9 Å². The topological polar surface area (TPSA) is 120 Å². The Labute approximate surface area is 169 Å². The summed E-state index contributed by atoms with van der Waals surface area (Å²) < 4.78 is 49.5. The van der Waals surface area contributed by atoms with Crippen molar-refractivity contribution in [2.75, 3.05) is 18.6 Å². The van der Waals surface area contributed by atoms with Gasteiger partial charge in [0.15, 0.2) is 0 Å². The van der Waals surface area contributed by atoms with Gasteiger partial charge in [-0.25, -0.2) is 4.98 Å². The quantitative estimate of drug-likeness (QED) is 0.650. The third kappa shape index (κ3) is 4.35. The van der Waals surface area contributed by atoms with E-state index in [2.05, 4.69) is 9.97 Å². The maximum atomic E-state index is 12.9. The Bertz CT molecular complexity index is 1130. The summed E-state index contributed by atoms with van der Waals surface area (Å²) in [6, 6.07) is 11.4. The Morgan fingerprint density at radius 3 is 2.53 bits per heavy atom. The standard InChI is InChI=1S/C20H16F3N5O2/c1-29-16-6-5-11(17-15(9-24)18(25)28-19(26)27-17)7-12(16)10-30-14-4-2-3-13(8-14)20(21,22)23/h2-8H,10H2,1H3,(H4,25,26,27,28). The molecule has 10 heteroatoms. The lowest BCUT2D eigenvalue weighted by atomic mass is 10.0. The molecule has 154 valence electrons. The average molecular weight is 415 g/mol. The Balaban J connectivity index is 1.95. The van der Waals surface area contributed by atoms with Crippen LogP contribution < -0.4 is 20.9 Å². The van der Waals surface area contributed by atoms with Crippen LogP contribution in [-0.4, -0.2) is 17.1 Å². The minimum absolute atomic E-state index is 0.0468. The van der Waals surface area contributed by atoms with Gasteiger partial charge in [-0.05, 0) is 36.4 Å². The molecule has 0 saturated heterocycles. The molecule has 0 spiro atoms. The van der Waals surface area contributed by atoms with Crippen LogP contribution in [0.15, 0.2) is 42.5 Å². The van der Waals surface area contributed by atoms with Gasteiger partial charge in [-0.15, -0.1) is 0 Å². The monoisotopic (exact) mass is 415 g/mol. The number of ether oxygens (including phenoxy) is 2. The van der Waals surface area contributed by atoms with Gasteiger partial charge in [-0.2, -0.15) is 23.4 Å². The van der Waals surface area contributed by atoms with Gasteiger partial charge < -0.3 is 20.9 Å². The third-order valence-electron chi connectivity index (χ3n) is 4.18. The van der Waals surface area contributed by atoms with E-state index in [1.807, 2.05) is 6.07 Å². The SMILES string of the molecule is COc1ccc(-c2nc(N)nc(N)c2C#N)cc1COc1cccc(C(F)(F)F)c1. The number of nitrogen functional groups attached to an aromatic ring is 2. The van der Waals surface area contributed by atoms with Crippen LogP contribution in [0.4, 0.5) is 24.9 Å². The van der Waals surface area contributed by atoms with Crippen LogP contribution in [0, 0.1) is 11.3 Å². The fraction of sp³-hybridized carbons (Fsp3) is 0.150. The number of nitrogens with zero attached hydrogens (tertiary/aromatic N) is 3. The Morgan fingerprint density at radius 2 is 1.87 bits per heavy atom. The molecule has 0 unspecified atom stereocenters. The smallest absolute Gasteiger partial charge is 0.416 e. The molecule has 7 nitrogen and oxygen atoms in total. The molecular weight excluding hydrogens is 399 g/mol. The van der Waals surface area contributed by atoms with Gasteiger partial charge in [0.25, 0.3) is 0 Å². The molecule has 0 fully saturated rings. The average Bonchev–Trinajstić information content (AvgIpc) is 2.71. The highest BCUT2D eigenvalue weighted by Crippen LogP contribution is 2.33. The zero-order valence-corrected chi connectivity index (χ0v) is 15.7. The van der Waals surface area contributed by atoms with E-state index in [1.54, 1.807) is 18.2 Å². The minimum atomic E-state index is -4.47. The molecule has 0 amide bonds. The molecule has 1 heterocycles. The van der Waals surface area contributed by atoms with Crippen molar-refractivity contribution >= 4 is 11.8 Å². The van der Waals surface area contributed by atoms with Gasteiger partial charge in [0.05, 0.1) is 18.4 Å². The number of aromatic nitrogens is 2. The second kappa shape index (κ2) is 8.16. The number of rotatable bonds is 5. The molecule has 0 aliphatic rings. The summed E-state index contributed by atoms with van der Waals surface area (Å²) >= 11 is 0. The highest BCUT2D eigenvalue weighted by molar-refractivity contribution is 5.74. The fourth-order valence-electron chi connectivity index (χ4n) is 2.78. The predicted octanol–water partition coefficient (Wildman–Crippen LogP) is 3.79. The summed E-state index contributed by atoms with van der Waals surface area (Å²) in [6.45, 7) is -0.0870. The number of methoxy groups -OCH3 is 1. The second-order valence-corrected chi connectivity index (χ2v) is 6.14. The first kappa shape index (κ1) is 20.7. The molecule has 3 aromatic rings. The van der Waals surface area contributed by atoms with E-state index in [9.17, 15) is 18.4 Å². The summed E-state index contributed by atoms with van der Waals surface area (Å²) in [5.41, 5.74) is 11.9. The molecule has 1 aromatic heterocycles. The number of nitrogens with two attached hydrogens (primary N) is 2. The van der Waals surface area contributed by atoms with Crippen LogP contribution >= 0.6 is 0 Å². The van der Waals surface area contributed by atoms with Crippen LogP contribution in [0.2, 0.25) is 0 Å². The normalized spacial score (nSPS) is 11.0. The van der Waals surface area contributed by atoms with E-state index in [1.165, 1.54) is 19.2 Å². The summed E-state index contributed by atoms with van der Waals surface area (Å²) in [7, 11) is 1.45.